The van der Waals surface area contributed by atoms with Crippen molar-refractivity contribution in [3.05, 3.63) is 42.6 Å². The number of rotatable bonds is 9. The Morgan fingerprint density at radius 1 is 0.973 bits per heavy atom. The molecule has 1 N–H and O–H groups in total. The van der Waals surface area contributed by atoms with Gasteiger partial charge in [-0.2, -0.15) is 12.7 Å². The van der Waals surface area contributed by atoms with Gasteiger partial charge in [0, 0.05) is 19.2 Å². The van der Waals surface area contributed by atoms with E-state index in [1.807, 2.05) is 13.0 Å². The zero-order valence-corrected chi connectivity index (χ0v) is 21.5. The van der Waals surface area contributed by atoms with Crippen molar-refractivity contribution in [2.45, 2.75) is 19.8 Å². The van der Waals surface area contributed by atoms with E-state index in [9.17, 15) is 8.42 Å². The first-order chi connectivity index (χ1) is 17.9. The van der Waals surface area contributed by atoms with Crippen LogP contribution in [0.25, 0.3) is 28.5 Å². The van der Waals surface area contributed by atoms with Crippen molar-refractivity contribution >= 4 is 27.3 Å². The molecule has 0 aliphatic carbocycles. The third-order valence-electron chi connectivity index (χ3n) is 5.88. The van der Waals surface area contributed by atoms with Crippen LogP contribution in [0.2, 0.25) is 0 Å². The lowest BCUT2D eigenvalue weighted by atomic mass is 10.2. The second kappa shape index (κ2) is 10.2. The lowest BCUT2D eigenvalue weighted by Gasteiger charge is -2.17. The van der Waals surface area contributed by atoms with Crippen LogP contribution in [0.4, 0.5) is 5.82 Å². The molecule has 194 valence electrons. The number of benzene rings is 1. The molecule has 1 aliphatic rings. The van der Waals surface area contributed by atoms with Crippen LogP contribution in [0.15, 0.2) is 42.6 Å². The van der Waals surface area contributed by atoms with Gasteiger partial charge >= 0.3 is 10.2 Å². The van der Waals surface area contributed by atoms with Gasteiger partial charge in [0.1, 0.15) is 22.9 Å². The van der Waals surface area contributed by atoms with E-state index in [1.54, 1.807) is 49.1 Å². The summed E-state index contributed by atoms with van der Waals surface area (Å²) in [5.41, 5.74) is 1.60. The summed E-state index contributed by atoms with van der Waals surface area (Å²) in [5.74, 6) is 1.89. The highest BCUT2D eigenvalue weighted by Gasteiger charge is 2.27. The van der Waals surface area contributed by atoms with Crippen LogP contribution < -0.4 is 18.9 Å². The Morgan fingerprint density at radius 2 is 1.68 bits per heavy atom. The van der Waals surface area contributed by atoms with Crippen molar-refractivity contribution in [2.75, 3.05) is 38.6 Å². The van der Waals surface area contributed by atoms with Gasteiger partial charge in [0.25, 0.3) is 0 Å². The molecule has 1 aromatic carbocycles. The van der Waals surface area contributed by atoms with E-state index >= 15 is 0 Å². The van der Waals surface area contributed by atoms with Crippen molar-refractivity contribution in [1.29, 1.82) is 0 Å². The summed E-state index contributed by atoms with van der Waals surface area (Å²) in [6.45, 7) is 3.26. The molecule has 3 aromatic heterocycles. The molecule has 0 unspecified atom stereocenters. The molecule has 13 heteroatoms. The highest BCUT2D eigenvalue weighted by atomic mass is 32.2. The number of para-hydroxylation sites is 1. The fourth-order valence-electron chi connectivity index (χ4n) is 4.23. The van der Waals surface area contributed by atoms with Gasteiger partial charge in [-0.1, -0.05) is 12.1 Å². The van der Waals surface area contributed by atoms with Gasteiger partial charge < -0.3 is 14.2 Å². The quantitative estimate of drug-likeness (QED) is 0.350. The molecule has 5 rings (SSSR count). The number of methoxy groups -OCH3 is 2. The number of nitrogens with one attached hydrogen (secondary N) is 1. The van der Waals surface area contributed by atoms with E-state index in [0.29, 0.717) is 59.9 Å². The zero-order chi connectivity index (χ0) is 26.0. The Balaban J connectivity index is 1.73. The highest BCUT2D eigenvalue weighted by molar-refractivity contribution is 7.90. The van der Waals surface area contributed by atoms with Crippen molar-refractivity contribution in [2.24, 2.45) is 0 Å². The Hall–Kier alpha value is -3.97. The van der Waals surface area contributed by atoms with Crippen LogP contribution >= 0.6 is 0 Å². The Kier molecular flexibility index (Phi) is 6.80. The van der Waals surface area contributed by atoms with E-state index < -0.39 is 10.2 Å². The summed E-state index contributed by atoms with van der Waals surface area (Å²) in [6, 6.07) is 10.7. The van der Waals surface area contributed by atoms with E-state index in [1.165, 1.54) is 10.5 Å². The van der Waals surface area contributed by atoms with E-state index in [4.69, 9.17) is 19.2 Å². The monoisotopic (exact) mass is 525 g/mol. The molecule has 0 amide bonds. The molecular weight excluding hydrogens is 498 g/mol. The van der Waals surface area contributed by atoms with Crippen molar-refractivity contribution in [3.63, 3.8) is 0 Å². The van der Waals surface area contributed by atoms with Gasteiger partial charge in [0.15, 0.2) is 22.9 Å². The Bertz CT molecular complexity index is 1510. The van der Waals surface area contributed by atoms with Crippen molar-refractivity contribution in [1.82, 2.24) is 28.8 Å². The average Bonchev–Trinajstić information content (AvgIpc) is 3.57. The molecule has 0 radical (unpaired) electrons. The summed E-state index contributed by atoms with van der Waals surface area (Å²) < 4.78 is 48.3. The maximum absolute atomic E-state index is 12.9. The largest absolute Gasteiger partial charge is 0.494 e. The fourth-order valence-corrected chi connectivity index (χ4v) is 5.46. The summed E-state index contributed by atoms with van der Waals surface area (Å²) in [7, 11) is -0.673. The number of anilines is 1. The number of fused-ring (bicyclic) bond motifs is 1. The second-order valence-electron chi connectivity index (χ2n) is 8.19. The third kappa shape index (κ3) is 4.74. The molecule has 4 aromatic rings. The number of nitrogens with zero attached hydrogens (tertiary/aromatic N) is 6. The van der Waals surface area contributed by atoms with E-state index in [0.717, 1.165) is 12.8 Å². The summed E-state index contributed by atoms with van der Waals surface area (Å²) >= 11 is 0. The maximum atomic E-state index is 12.9. The van der Waals surface area contributed by atoms with E-state index in [-0.39, 0.29) is 11.5 Å². The van der Waals surface area contributed by atoms with Crippen LogP contribution in [0, 0.1) is 0 Å². The number of hydrogen-bond donors (Lipinski definition) is 1. The second-order valence-corrected chi connectivity index (χ2v) is 9.86. The fraction of sp³-hybridized carbons (Fsp3) is 0.333. The molecule has 1 saturated heterocycles. The van der Waals surface area contributed by atoms with E-state index in [2.05, 4.69) is 19.7 Å². The number of pyridine rings is 1. The highest BCUT2D eigenvalue weighted by Crippen LogP contribution is 2.38. The molecule has 0 atom stereocenters. The van der Waals surface area contributed by atoms with Gasteiger partial charge in [0.05, 0.1) is 27.0 Å². The Labute approximate surface area is 214 Å². The van der Waals surface area contributed by atoms with Crippen LogP contribution in [0.3, 0.4) is 0 Å². The molecular formula is C24H27N7O5S. The summed E-state index contributed by atoms with van der Waals surface area (Å²) in [4.78, 5) is 18.3. The first-order valence-corrected chi connectivity index (χ1v) is 13.2. The Morgan fingerprint density at radius 3 is 2.35 bits per heavy atom. The van der Waals surface area contributed by atoms with Crippen molar-refractivity contribution in [3.8, 4) is 34.6 Å². The predicted molar refractivity (Wildman–Crippen MR) is 138 cm³/mol. The molecule has 1 aliphatic heterocycles. The van der Waals surface area contributed by atoms with Crippen LogP contribution in [0.1, 0.15) is 19.8 Å². The number of hydrogen-bond acceptors (Lipinski definition) is 9. The van der Waals surface area contributed by atoms with Gasteiger partial charge in [-0.25, -0.2) is 19.9 Å². The number of aromatic nitrogens is 5. The minimum absolute atomic E-state index is 0.0667. The van der Waals surface area contributed by atoms with Crippen LogP contribution in [-0.2, 0) is 10.2 Å². The zero-order valence-electron chi connectivity index (χ0n) is 20.7. The maximum Gasteiger partial charge on any atom is 0.302 e. The normalized spacial score (nSPS) is 14.1. The predicted octanol–water partition coefficient (Wildman–Crippen LogP) is 3.05. The number of imidazole rings is 1. The minimum atomic E-state index is -3.77. The first-order valence-electron chi connectivity index (χ1n) is 11.8. The molecule has 1 fully saturated rings. The molecule has 37 heavy (non-hydrogen) atoms. The number of ether oxygens (including phenoxy) is 3. The van der Waals surface area contributed by atoms with Crippen molar-refractivity contribution < 1.29 is 22.6 Å². The summed E-state index contributed by atoms with van der Waals surface area (Å²) in [5, 5.41) is 0. The van der Waals surface area contributed by atoms with Gasteiger partial charge in [0.2, 0.25) is 5.88 Å². The molecule has 4 heterocycles. The standard InChI is InChI=1S/C24H27N7O5S/c1-4-36-20-12-7-9-16(26-20)23-28-22-24(31(23)21-17(34-2)10-8-11-18(21)35-3)27-19(15-25-22)29-37(32,33)30-13-5-6-14-30/h7-12,15H,4-6,13-14H2,1-3H3,(H,27,29). The third-order valence-corrected chi connectivity index (χ3v) is 7.39. The van der Waals surface area contributed by atoms with Crippen LogP contribution in [-0.4, -0.2) is 71.1 Å². The topological polar surface area (TPSA) is 134 Å². The summed E-state index contributed by atoms with van der Waals surface area (Å²) in [6.07, 6.45) is 2.99. The van der Waals surface area contributed by atoms with Crippen LogP contribution in [0.5, 0.6) is 17.4 Å². The minimum Gasteiger partial charge on any atom is -0.494 e. The SMILES string of the molecule is CCOc1cccc(-c2nc3ncc(NS(=O)(=O)N4CCCC4)nc3n2-c2c(OC)cccc2OC)n1. The lowest BCUT2D eigenvalue weighted by molar-refractivity contribution is 0.327. The molecule has 0 spiro atoms. The molecule has 0 bridgehead atoms. The smallest absolute Gasteiger partial charge is 0.302 e. The lowest BCUT2D eigenvalue weighted by Crippen LogP contribution is -2.33. The molecule has 12 nitrogen and oxygen atoms in total. The average molecular weight is 526 g/mol. The van der Waals surface area contributed by atoms with Gasteiger partial charge in [-0.05, 0) is 38.0 Å². The van der Waals surface area contributed by atoms with Gasteiger partial charge in [-0.3, -0.25) is 9.29 Å². The first kappa shape index (κ1) is 24.7. The molecule has 0 saturated carbocycles. The van der Waals surface area contributed by atoms with Gasteiger partial charge in [-0.15, -0.1) is 0 Å².